The molecule has 0 spiro atoms. The van der Waals surface area contributed by atoms with Crippen molar-refractivity contribution in [3.8, 4) is 0 Å². The third-order valence-electron chi connectivity index (χ3n) is 3.61. The number of hydrogen-bond donors (Lipinski definition) is 1. The van der Waals surface area contributed by atoms with Crippen LogP contribution in [0.2, 0.25) is 0 Å². The van der Waals surface area contributed by atoms with Gasteiger partial charge in [0.25, 0.3) is 0 Å². The van der Waals surface area contributed by atoms with Crippen LogP contribution in [0.4, 0.5) is 0 Å². The minimum atomic E-state index is 0.129. The zero-order valence-corrected chi connectivity index (χ0v) is 23.3. The molecule has 0 fully saturated rings. The third kappa shape index (κ3) is 36.6. The van der Waals surface area contributed by atoms with Crippen molar-refractivity contribution >= 4 is 28.8 Å². The second-order valence-corrected chi connectivity index (χ2v) is 6.76. The van der Waals surface area contributed by atoms with Crippen molar-refractivity contribution in [2.75, 3.05) is 112 Å². The summed E-state index contributed by atoms with van der Waals surface area (Å²) in [6, 6.07) is 0. The van der Waals surface area contributed by atoms with E-state index in [0.29, 0.717) is 119 Å². The Labute approximate surface area is 219 Å². The molecule has 0 amide bonds. The summed E-state index contributed by atoms with van der Waals surface area (Å²) in [6.45, 7) is 14.4. The van der Waals surface area contributed by atoms with E-state index < -0.39 is 0 Å². The maximum absolute atomic E-state index is 10.7. The van der Waals surface area contributed by atoms with Crippen LogP contribution in [0.5, 0.6) is 0 Å². The number of carbonyl (C=O) groups is 1. The van der Waals surface area contributed by atoms with Crippen LogP contribution < -0.4 is 5.48 Å². The molecule has 0 rings (SSSR count). The number of hydrogen-bond acceptors (Lipinski definition) is 11. The Hall–Kier alpha value is -0.000000000000000111. The monoisotopic (exact) mass is 611 g/mol. The van der Waals surface area contributed by atoms with Crippen LogP contribution >= 0.6 is 23.0 Å². The summed E-state index contributed by atoms with van der Waals surface area (Å²) in [6.07, 6.45) is 0.448. The van der Waals surface area contributed by atoms with Crippen molar-refractivity contribution in [1.82, 2.24) is 5.48 Å². The van der Waals surface area contributed by atoms with E-state index >= 15 is 0 Å². The Morgan fingerprint density at radius 1 is 0.529 bits per heavy atom. The molecule has 0 heterocycles. The van der Waals surface area contributed by atoms with Gasteiger partial charge in [-0.2, -0.15) is 5.48 Å². The highest BCUT2D eigenvalue weighted by atomic mass is 127. The number of ether oxygens (including phenoxy) is 8. The van der Waals surface area contributed by atoms with Crippen LogP contribution in [0.3, 0.4) is 0 Å². The van der Waals surface area contributed by atoms with E-state index in [1.807, 2.05) is 13.8 Å². The van der Waals surface area contributed by atoms with Crippen LogP contribution in [0.1, 0.15) is 27.2 Å². The molecule has 34 heavy (non-hydrogen) atoms. The van der Waals surface area contributed by atoms with Gasteiger partial charge in [-0.1, -0.05) is 13.8 Å². The summed E-state index contributed by atoms with van der Waals surface area (Å²) < 4.78 is 47.6. The molecule has 0 aliphatic heterocycles. The smallest absolute Gasteiger partial charge is 0.136 e. The first kappa shape index (κ1) is 36.2. The molecule has 12 heteroatoms. The number of halogens is 1. The molecular weight excluding hydrogens is 565 g/mol. The summed E-state index contributed by atoms with van der Waals surface area (Å²) >= 11 is 1.76. The van der Waals surface area contributed by atoms with E-state index in [0.717, 1.165) is 0 Å². The number of nitrogens with one attached hydrogen (secondary N) is 1. The van der Waals surface area contributed by atoms with E-state index in [4.69, 9.17) is 37.9 Å². The molecule has 0 aliphatic rings. The molecule has 0 aromatic rings. The molecule has 0 radical (unpaired) electrons. The van der Waals surface area contributed by atoms with Crippen molar-refractivity contribution in [2.24, 2.45) is 0 Å². The average molecular weight is 612 g/mol. The van der Waals surface area contributed by atoms with Gasteiger partial charge in [-0.15, -0.1) is 0 Å². The van der Waals surface area contributed by atoms with E-state index in [-0.39, 0.29) is 5.78 Å². The number of rotatable bonds is 28. The minimum absolute atomic E-state index is 0.129. The van der Waals surface area contributed by atoms with Gasteiger partial charge in [0, 0.05) is 13.0 Å². The van der Waals surface area contributed by atoms with Gasteiger partial charge in [0.15, 0.2) is 0 Å². The van der Waals surface area contributed by atoms with Crippen LogP contribution in [0.15, 0.2) is 0 Å². The van der Waals surface area contributed by atoms with Gasteiger partial charge in [0.1, 0.15) is 28.8 Å². The van der Waals surface area contributed by atoms with Crippen molar-refractivity contribution in [3.05, 3.63) is 0 Å². The van der Waals surface area contributed by atoms with Gasteiger partial charge in [-0.25, -0.2) is 3.17 Å². The quantitative estimate of drug-likeness (QED) is 0.0797. The Morgan fingerprint density at radius 3 is 1.06 bits per heavy atom. The summed E-state index contributed by atoms with van der Waals surface area (Å²) in [5.74, 6) is 0.129. The van der Waals surface area contributed by atoms with E-state index in [2.05, 4.69) is 8.65 Å². The van der Waals surface area contributed by atoms with E-state index in [1.54, 1.807) is 29.9 Å². The Morgan fingerprint density at radius 2 is 0.794 bits per heavy atom. The topological polar surface area (TPSA) is 112 Å². The largest absolute Gasteiger partial charge is 0.379 e. The lowest BCUT2D eigenvalue weighted by molar-refractivity contribution is -0.118. The van der Waals surface area contributed by atoms with Gasteiger partial charge in [0.2, 0.25) is 0 Å². The van der Waals surface area contributed by atoms with E-state index in [9.17, 15) is 4.79 Å². The van der Waals surface area contributed by atoms with Crippen LogP contribution in [0, 0.1) is 0 Å². The highest BCUT2D eigenvalue weighted by Crippen LogP contribution is 1.87. The zero-order valence-electron chi connectivity index (χ0n) is 21.2. The lowest BCUT2D eigenvalue weighted by Gasteiger charge is -2.08. The predicted molar refractivity (Wildman–Crippen MR) is 136 cm³/mol. The Balaban J connectivity index is 0. The van der Waals surface area contributed by atoms with Crippen molar-refractivity contribution in [3.63, 3.8) is 0 Å². The highest BCUT2D eigenvalue weighted by Gasteiger charge is 1.96. The first-order valence-electron chi connectivity index (χ1n) is 11.9. The summed E-state index contributed by atoms with van der Waals surface area (Å²) in [5.41, 5.74) is 2.68. The molecule has 0 unspecified atom stereocenters. The maximum Gasteiger partial charge on any atom is 0.136 e. The highest BCUT2D eigenvalue weighted by molar-refractivity contribution is 14.1. The average Bonchev–Trinajstić information content (AvgIpc) is 2.84. The number of ketones is 1. The zero-order chi connectivity index (χ0) is 25.4. The molecule has 11 nitrogen and oxygen atoms in total. The molecule has 0 aromatic heterocycles. The first-order chi connectivity index (χ1) is 16.8. The minimum Gasteiger partial charge on any atom is -0.379 e. The molecule has 0 aliphatic carbocycles. The van der Waals surface area contributed by atoms with Gasteiger partial charge < -0.3 is 37.9 Å². The standard InChI is InChI=1S/C20H40INO10.C2H6/c1-20(23)2-4-24-6-8-26-10-12-28-14-16-30-18-19-31-17-15-29-13-11-27-9-7-25-5-3-22-32-21;1-2/h22H,2-19H2,1H3;1-2H3. The number of carbonyl (C=O) groups excluding carboxylic acids is 1. The molecule has 0 aromatic carbocycles. The molecule has 0 saturated heterocycles. The Bertz CT molecular complexity index is 384. The second-order valence-electron chi connectivity index (χ2n) is 6.32. The van der Waals surface area contributed by atoms with Crippen molar-refractivity contribution < 1.29 is 45.9 Å². The van der Waals surface area contributed by atoms with Gasteiger partial charge in [-0.05, 0) is 6.92 Å². The predicted octanol–water partition coefficient (Wildman–Crippen LogP) is 2.00. The maximum atomic E-state index is 10.7. The second kappa shape index (κ2) is 35.2. The molecule has 1 N–H and O–H groups in total. The van der Waals surface area contributed by atoms with Crippen LogP contribution in [-0.4, -0.2) is 118 Å². The van der Waals surface area contributed by atoms with E-state index in [1.165, 1.54) is 0 Å². The van der Waals surface area contributed by atoms with Crippen LogP contribution in [-0.2, 0) is 45.9 Å². The molecule has 0 bridgehead atoms. The summed E-state index contributed by atoms with van der Waals surface area (Å²) in [4.78, 5) is 10.7. The van der Waals surface area contributed by atoms with Crippen molar-refractivity contribution in [1.29, 1.82) is 0 Å². The fraction of sp³-hybridized carbons (Fsp3) is 0.955. The molecule has 0 atom stereocenters. The van der Waals surface area contributed by atoms with Crippen molar-refractivity contribution in [2.45, 2.75) is 27.2 Å². The molecular formula is C22H46INO10. The fourth-order valence-corrected chi connectivity index (χ4v) is 2.23. The lowest BCUT2D eigenvalue weighted by atomic mass is 10.3. The lowest BCUT2D eigenvalue weighted by Crippen LogP contribution is -2.18. The first-order valence-corrected chi connectivity index (χ1v) is 12.8. The number of Topliss-reactive ketones (excluding diaryl/α,β-unsaturated/α-hetero) is 1. The SMILES string of the molecule is CC.CC(=O)CCOCCOCCOCCOCCOCCOCCOCCOCCNOI. The fourth-order valence-electron chi connectivity index (χ4n) is 2.01. The molecule has 206 valence electrons. The van der Waals surface area contributed by atoms with Gasteiger partial charge in [0.05, 0.1) is 106 Å². The summed E-state index contributed by atoms with van der Waals surface area (Å²) in [5, 5.41) is 0. The summed E-state index contributed by atoms with van der Waals surface area (Å²) in [7, 11) is 0. The third-order valence-corrected chi connectivity index (χ3v) is 3.92. The van der Waals surface area contributed by atoms with Gasteiger partial charge >= 0.3 is 0 Å². The van der Waals surface area contributed by atoms with Crippen LogP contribution in [0.25, 0.3) is 0 Å². The Kier molecular flexibility index (Phi) is 37.4. The normalized spacial score (nSPS) is 10.8. The molecule has 0 saturated carbocycles. The van der Waals surface area contributed by atoms with Gasteiger partial charge in [-0.3, -0.25) is 4.79 Å². The number of hydroxylamine groups is 1.